The average Bonchev–Trinajstić information content (AvgIpc) is 2.97. The van der Waals surface area contributed by atoms with Crippen LogP contribution in [0.1, 0.15) is 37.8 Å². The number of rotatable bonds is 4. The molecule has 1 amide bonds. The van der Waals surface area contributed by atoms with Crippen LogP contribution in [-0.2, 0) is 0 Å². The van der Waals surface area contributed by atoms with Crippen molar-refractivity contribution in [3.8, 4) is 6.07 Å². The number of aromatic carboxylic acids is 1. The van der Waals surface area contributed by atoms with E-state index in [-0.39, 0.29) is 17.1 Å². The van der Waals surface area contributed by atoms with E-state index in [0.717, 1.165) is 11.6 Å². The third-order valence-electron chi connectivity index (χ3n) is 3.20. The summed E-state index contributed by atoms with van der Waals surface area (Å²) >= 11 is 0. The first-order valence-electron chi connectivity index (χ1n) is 6.74. The van der Waals surface area contributed by atoms with Gasteiger partial charge in [-0.1, -0.05) is 29.8 Å². The maximum atomic E-state index is 11.7. The highest BCUT2D eigenvalue weighted by atomic mass is 16.4. The zero-order valence-electron chi connectivity index (χ0n) is 12.6. The Hall–Kier alpha value is -3.33. The molecule has 0 radical (unpaired) electrons. The number of carbonyl (C=O) groups is 2. The molecule has 0 saturated carbocycles. The van der Waals surface area contributed by atoms with Gasteiger partial charge in [0, 0.05) is 24.8 Å². The second-order valence-electron chi connectivity index (χ2n) is 4.79. The number of nitrogens with one attached hydrogen (secondary N) is 1. The molecule has 6 nitrogen and oxygen atoms in total. The number of allylic oxidation sites excluding steroid dienone is 1. The second-order valence-corrected chi connectivity index (χ2v) is 4.79. The van der Waals surface area contributed by atoms with Crippen molar-refractivity contribution < 1.29 is 19.1 Å². The highest BCUT2D eigenvalue weighted by molar-refractivity contribution is 6.00. The van der Waals surface area contributed by atoms with Crippen molar-refractivity contribution in [3.05, 3.63) is 64.6 Å². The number of carboxylic acids is 1. The number of nitriles is 1. The van der Waals surface area contributed by atoms with E-state index in [4.69, 9.17) is 9.68 Å². The second kappa shape index (κ2) is 6.62. The standard InChI is InChI=1S/C17H14N2O4/c1-10-4-3-5-11(8-10)12(6-7-18)15-13(17(21)22)9-14(23-15)16(20)19-2/h3-6,8-9H,1-2H3,(H,19,20)(H,21,22)/b12-6+. The van der Waals surface area contributed by atoms with Gasteiger partial charge in [-0.2, -0.15) is 5.26 Å². The van der Waals surface area contributed by atoms with Gasteiger partial charge in [0.2, 0.25) is 0 Å². The quantitative estimate of drug-likeness (QED) is 0.845. The fourth-order valence-electron chi connectivity index (χ4n) is 2.14. The molecule has 0 unspecified atom stereocenters. The number of benzene rings is 1. The van der Waals surface area contributed by atoms with Gasteiger partial charge in [-0.3, -0.25) is 4.79 Å². The Kier molecular flexibility index (Phi) is 4.62. The molecule has 0 aliphatic heterocycles. The molecule has 0 aliphatic rings. The van der Waals surface area contributed by atoms with Crippen molar-refractivity contribution in [1.29, 1.82) is 5.26 Å². The molecule has 1 aromatic heterocycles. The van der Waals surface area contributed by atoms with Crippen molar-refractivity contribution in [2.75, 3.05) is 7.05 Å². The molecular formula is C17H14N2O4. The van der Waals surface area contributed by atoms with Gasteiger partial charge in [0.1, 0.15) is 5.56 Å². The Labute approximate surface area is 132 Å². The highest BCUT2D eigenvalue weighted by Gasteiger charge is 2.24. The molecule has 2 aromatic rings. The lowest BCUT2D eigenvalue weighted by molar-refractivity contribution is 0.0695. The molecule has 6 heteroatoms. The molecule has 23 heavy (non-hydrogen) atoms. The van der Waals surface area contributed by atoms with Gasteiger partial charge in [-0.05, 0) is 12.5 Å². The van der Waals surface area contributed by atoms with E-state index in [0.29, 0.717) is 11.1 Å². The Morgan fingerprint density at radius 3 is 2.65 bits per heavy atom. The van der Waals surface area contributed by atoms with Crippen LogP contribution in [0.4, 0.5) is 0 Å². The molecule has 2 rings (SSSR count). The molecule has 0 bridgehead atoms. The SMILES string of the molecule is CNC(=O)c1cc(C(=O)O)c(/C(=C/C#N)c2cccc(C)c2)o1. The zero-order valence-corrected chi connectivity index (χ0v) is 12.6. The fourth-order valence-corrected chi connectivity index (χ4v) is 2.14. The predicted molar refractivity (Wildman–Crippen MR) is 82.9 cm³/mol. The first kappa shape index (κ1) is 16.0. The summed E-state index contributed by atoms with van der Waals surface area (Å²) in [4.78, 5) is 23.1. The summed E-state index contributed by atoms with van der Waals surface area (Å²) in [6.45, 7) is 1.88. The van der Waals surface area contributed by atoms with E-state index < -0.39 is 11.9 Å². The van der Waals surface area contributed by atoms with E-state index in [1.54, 1.807) is 18.2 Å². The summed E-state index contributed by atoms with van der Waals surface area (Å²) in [7, 11) is 1.41. The van der Waals surface area contributed by atoms with E-state index in [9.17, 15) is 14.7 Å². The van der Waals surface area contributed by atoms with Gasteiger partial charge in [0.05, 0.1) is 6.07 Å². The van der Waals surface area contributed by atoms with Gasteiger partial charge in [-0.25, -0.2) is 4.79 Å². The minimum atomic E-state index is -1.24. The lowest BCUT2D eigenvalue weighted by Gasteiger charge is -2.06. The van der Waals surface area contributed by atoms with Gasteiger partial charge >= 0.3 is 5.97 Å². The van der Waals surface area contributed by atoms with Crippen LogP contribution in [0.3, 0.4) is 0 Å². The number of furan rings is 1. The topological polar surface area (TPSA) is 103 Å². The Balaban J connectivity index is 2.67. The molecule has 0 atom stereocenters. The highest BCUT2D eigenvalue weighted by Crippen LogP contribution is 2.29. The number of hydrogen-bond donors (Lipinski definition) is 2. The molecule has 0 aliphatic carbocycles. The smallest absolute Gasteiger partial charge is 0.339 e. The molecule has 0 saturated heterocycles. The molecule has 0 spiro atoms. The number of carbonyl (C=O) groups excluding carboxylic acids is 1. The fraction of sp³-hybridized carbons (Fsp3) is 0.118. The van der Waals surface area contributed by atoms with Crippen molar-refractivity contribution in [3.63, 3.8) is 0 Å². The normalized spacial score (nSPS) is 10.9. The van der Waals surface area contributed by atoms with Crippen LogP contribution >= 0.6 is 0 Å². The summed E-state index contributed by atoms with van der Waals surface area (Å²) in [5.41, 5.74) is 1.71. The van der Waals surface area contributed by atoms with Crippen LogP contribution < -0.4 is 5.32 Å². The summed E-state index contributed by atoms with van der Waals surface area (Å²) in [5, 5.41) is 20.7. The Morgan fingerprint density at radius 1 is 1.35 bits per heavy atom. The minimum absolute atomic E-state index is 0.0248. The first-order chi connectivity index (χ1) is 11.0. The minimum Gasteiger partial charge on any atom is -0.478 e. The van der Waals surface area contributed by atoms with E-state index in [2.05, 4.69) is 5.32 Å². The molecule has 1 heterocycles. The predicted octanol–water partition coefficient (Wildman–Crippen LogP) is 2.60. The number of hydrogen-bond acceptors (Lipinski definition) is 4. The molecule has 1 aromatic carbocycles. The van der Waals surface area contributed by atoms with Crippen LogP contribution in [-0.4, -0.2) is 24.0 Å². The van der Waals surface area contributed by atoms with E-state index in [1.807, 2.05) is 19.1 Å². The van der Waals surface area contributed by atoms with Crippen LogP contribution in [0, 0.1) is 18.3 Å². The van der Waals surface area contributed by atoms with Crippen molar-refractivity contribution in [1.82, 2.24) is 5.32 Å². The Morgan fingerprint density at radius 2 is 2.09 bits per heavy atom. The van der Waals surface area contributed by atoms with Gasteiger partial charge < -0.3 is 14.8 Å². The third-order valence-corrected chi connectivity index (χ3v) is 3.20. The van der Waals surface area contributed by atoms with Gasteiger partial charge in [0.15, 0.2) is 11.5 Å². The molecule has 0 fully saturated rings. The van der Waals surface area contributed by atoms with Gasteiger partial charge in [-0.15, -0.1) is 0 Å². The monoisotopic (exact) mass is 310 g/mol. The Bertz CT molecular complexity index is 841. The van der Waals surface area contributed by atoms with Gasteiger partial charge in [0.25, 0.3) is 5.91 Å². The molecular weight excluding hydrogens is 296 g/mol. The summed E-state index contributed by atoms with van der Waals surface area (Å²) in [5.74, 6) is -1.94. The maximum absolute atomic E-state index is 11.7. The number of nitrogens with zero attached hydrogens (tertiary/aromatic N) is 1. The van der Waals surface area contributed by atoms with Crippen molar-refractivity contribution >= 4 is 17.4 Å². The lowest BCUT2D eigenvalue weighted by atomic mass is 9.99. The first-order valence-corrected chi connectivity index (χ1v) is 6.74. The number of carboxylic acid groups (broad SMARTS) is 1. The number of aryl methyl sites for hydroxylation is 1. The summed E-state index contributed by atoms with van der Waals surface area (Å²) in [6, 6.07) is 10.2. The van der Waals surface area contributed by atoms with Crippen molar-refractivity contribution in [2.45, 2.75) is 6.92 Å². The largest absolute Gasteiger partial charge is 0.478 e. The lowest BCUT2D eigenvalue weighted by Crippen LogP contribution is -2.16. The van der Waals surface area contributed by atoms with Crippen LogP contribution in [0.5, 0.6) is 0 Å². The zero-order chi connectivity index (χ0) is 17.0. The summed E-state index contributed by atoms with van der Waals surface area (Å²) < 4.78 is 5.43. The summed E-state index contributed by atoms with van der Waals surface area (Å²) in [6.07, 6.45) is 1.20. The van der Waals surface area contributed by atoms with Crippen LogP contribution in [0.25, 0.3) is 5.57 Å². The van der Waals surface area contributed by atoms with Crippen molar-refractivity contribution in [2.24, 2.45) is 0 Å². The third kappa shape index (κ3) is 3.30. The number of amides is 1. The van der Waals surface area contributed by atoms with Crippen LogP contribution in [0.15, 0.2) is 40.8 Å². The molecule has 116 valence electrons. The van der Waals surface area contributed by atoms with E-state index >= 15 is 0 Å². The molecule has 2 N–H and O–H groups in total. The van der Waals surface area contributed by atoms with E-state index in [1.165, 1.54) is 13.1 Å². The average molecular weight is 310 g/mol. The van der Waals surface area contributed by atoms with Crippen LogP contribution in [0.2, 0.25) is 0 Å². The maximum Gasteiger partial charge on any atom is 0.339 e.